The maximum atomic E-state index is 12.4. The van der Waals surface area contributed by atoms with Crippen LogP contribution in [0.1, 0.15) is 36.7 Å². The predicted molar refractivity (Wildman–Crippen MR) is 112 cm³/mol. The van der Waals surface area contributed by atoms with E-state index in [2.05, 4.69) is 0 Å². The van der Waals surface area contributed by atoms with Crippen molar-refractivity contribution >= 4 is 35.9 Å². The van der Waals surface area contributed by atoms with Gasteiger partial charge in [-0.3, -0.25) is 4.79 Å². The fourth-order valence-electron chi connectivity index (χ4n) is 2.38. The van der Waals surface area contributed by atoms with E-state index in [9.17, 15) is 4.79 Å². The molecule has 0 unspecified atom stereocenters. The molecule has 0 aliphatic heterocycles. The minimum absolute atomic E-state index is 0. The van der Waals surface area contributed by atoms with Crippen LogP contribution in [0.15, 0.2) is 42.5 Å². The lowest BCUT2D eigenvalue weighted by Crippen LogP contribution is -2.01. The molecule has 2 rings (SSSR count). The van der Waals surface area contributed by atoms with Crippen LogP contribution in [0.4, 0.5) is 0 Å². The number of benzene rings is 2. The first kappa shape index (κ1) is 22.9. The van der Waals surface area contributed by atoms with E-state index in [1.807, 2.05) is 26.8 Å². The predicted octanol–water partition coefficient (Wildman–Crippen LogP) is 5.85. The molecule has 0 bridgehead atoms. The first-order valence-electron chi connectivity index (χ1n) is 8.63. The fraction of sp³-hybridized carbons (Fsp3) is 0.286. The monoisotopic (exact) mass is 410 g/mol. The highest BCUT2D eigenvalue weighted by Gasteiger charge is 2.12. The van der Waals surface area contributed by atoms with Crippen molar-refractivity contribution < 1.29 is 19.0 Å². The number of rotatable bonds is 9. The van der Waals surface area contributed by atoms with E-state index in [0.717, 1.165) is 5.56 Å². The molecule has 0 saturated carbocycles. The Labute approximate surface area is 171 Å². The molecule has 0 aliphatic carbocycles. The van der Waals surface area contributed by atoms with Gasteiger partial charge in [0.15, 0.2) is 17.3 Å². The van der Waals surface area contributed by atoms with E-state index in [-0.39, 0.29) is 18.2 Å². The molecule has 0 N–H and O–H groups in total. The number of ketones is 1. The summed E-state index contributed by atoms with van der Waals surface area (Å²) in [5.74, 6) is 1.77. The molecular weight excluding hydrogens is 387 g/mol. The van der Waals surface area contributed by atoms with Crippen molar-refractivity contribution in [1.82, 2.24) is 0 Å². The van der Waals surface area contributed by atoms with Gasteiger partial charge in [-0.05, 0) is 63.3 Å². The van der Waals surface area contributed by atoms with E-state index in [1.165, 1.54) is 6.08 Å². The van der Waals surface area contributed by atoms with Crippen LogP contribution in [-0.2, 0) is 0 Å². The number of halogens is 2. The van der Waals surface area contributed by atoms with E-state index in [0.29, 0.717) is 47.7 Å². The second-order valence-corrected chi connectivity index (χ2v) is 5.78. The maximum absolute atomic E-state index is 12.4. The highest BCUT2D eigenvalue weighted by Crippen LogP contribution is 2.36. The number of carbonyl (C=O) groups is 1. The van der Waals surface area contributed by atoms with Crippen LogP contribution in [0.5, 0.6) is 17.2 Å². The highest BCUT2D eigenvalue weighted by atomic mass is 35.5. The Balaban J connectivity index is 0.00000364. The van der Waals surface area contributed by atoms with Crippen molar-refractivity contribution in [1.29, 1.82) is 0 Å². The van der Waals surface area contributed by atoms with E-state index in [4.69, 9.17) is 25.8 Å². The molecule has 0 fully saturated rings. The summed E-state index contributed by atoms with van der Waals surface area (Å²) in [6.07, 6.45) is 3.23. The Kier molecular flexibility index (Phi) is 9.76. The lowest BCUT2D eigenvalue weighted by Gasteiger charge is -2.15. The molecule has 0 spiro atoms. The zero-order valence-corrected chi connectivity index (χ0v) is 17.2. The minimum Gasteiger partial charge on any atom is -0.493 e. The molecule has 0 amide bonds. The van der Waals surface area contributed by atoms with Crippen molar-refractivity contribution in [2.75, 3.05) is 19.8 Å². The van der Waals surface area contributed by atoms with Gasteiger partial charge in [-0.2, -0.15) is 0 Å². The van der Waals surface area contributed by atoms with Gasteiger partial charge in [0.05, 0.1) is 19.8 Å². The van der Waals surface area contributed by atoms with Crippen molar-refractivity contribution in [3.05, 3.63) is 58.6 Å². The standard InChI is InChI=1S/C21H23ClO4.ClH/c1-4-24-19-14-21(26-6-3)20(25-5-2)13-16(19)9-12-18(23)15-7-10-17(22)11-8-15;/h7-14H,4-6H2,1-3H3;1H. The molecule has 0 radical (unpaired) electrons. The summed E-state index contributed by atoms with van der Waals surface area (Å²) in [7, 11) is 0. The molecule has 0 aliphatic rings. The topological polar surface area (TPSA) is 44.8 Å². The van der Waals surface area contributed by atoms with Gasteiger partial charge in [0.2, 0.25) is 0 Å². The molecule has 27 heavy (non-hydrogen) atoms. The molecule has 146 valence electrons. The largest absolute Gasteiger partial charge is 0.493 e. The summed E-state index contributed by atoms with van der Waals surface area (Å²) in [6, 6.07) is 10.4. The minimum atomic E-state index is -0.115. The molecule has 0 aromatic heterocycles. The van der Waals surface area contributed by atoms with Crippen molar-refractivity contribution in [2.24, 2.45) is 0 Å². The molecule has 2 aromatic rings. The molecule has 0 heterocycles. The SMILES string of the molecule is CCOc1cc(OCC)c(OCC)cc1C=CC(=O)c1ccc(Cl)cc1.Cl. The van der Waals surface area contributed by atoms with E-state index < -0.39 is 0 Å². The van der Waals surface area contributed by atoms with Crippen LogP contribution < -0.4 is 14.2 Å². The summed E-state index contributed by atoms with van der Waals surface area (Å²) in [4.78, 5) is 12.4. The molecule has 6 heteroatoms. The number of ether oxygens (including phenoxy) is 3. The van der Waals surface area contributed by atoms with Crippen LogP contribution in [0.3, 0.4) is 0 Å². The van der Waals surface area contributed by atoms with Crippen LogP contribution in [-0.4, -0.2) is 25.6 Å². The molecule has 0 atom stereocenters. The number of carbonyl (C=O) groups excluding carboxylic acids is 1. The van der Waals surface area contributed by atoms with Gasteiger partial charge in [-0.1, -0.05) is 11.6 Å². The number of allylic oxidation sites excluding steroid dienone is 1. The maximum Gasteiger partial charge on any atom is 0.185 e. The quantitative estimate of drug-likeness (QED) is 0.383. The fourth-order valence-corrected chi connectivity index (χ4v) is 2.51. The van der Waals surface area contributed by atoms with Gasteiger partial charge in [0.1, 0.15) is 5.75 Å². The summed E-state index contributed by atoms with van der Waals surface area (Å²) >= 11 is 5.86. The van der Waals surface area contributed by atoms with Gasteiger partial charge >= 0.3 is 0 Å². The summed E-state index contributed by atoms with van der Waals surface area (Å²) in [5, 5.41) is 0.594. The second-order valence-electron chi connectivity index (χ2n) is 5.34. The Bertz CT molecular complexity index is 770. The van der Waals surface area contributed by atoms with Gasteiger partial charge in [0.25, 0.3) is 0 Å². The second kappa shape index (κ2) is 11.5. The third-order valence-corrected chi connectivity index (χ3v) is 3.77. The Morgan fingerprint density at radius 2 is 1.41 bits per heavy atom. The van der Waals surface area contributed by atoms with Crippen molar-refractivity contribution in [3.8, 4) is 17.2 Å². The Morgan fingerprint density at radius 1 is 0.889 bits per heavy atom. The Hall–Kier alpha value is -2.17. The zero-order valence-electron chi connectivity index (χ0n) is 15.7. The third-order valence-electron chi connectivity index (χ3n) is 3.52. The van der Waals surface area contributed by atoms with Crippen molar-refractivity contribution in [2.45, 2.75) is 20.8 Å². The summed E-state index contributed by atoms with van der Waals surface area (Å²) in [5.41, 5.74) is 1.32. The van der Waals surface area contributed by atoms with Crippen LogP contribution in [0.25, 0.3) is 6.08 Å². The summed E-state index contributed by atoms with van der Waals surface area (Å²) in [6.45, 7) is 7.27. The highest BCUT2D eigenvalue weighted by molar-refractivity contribution is 6.30. The normalized spacial score (nSPS) is 10.4. The van der Waals surface area contributed by atoms with Crippen LogP contribution in [0, 0.1) is 0 Å². The van der Waals surface area contributed by atoms with Crippen LogP contribution in [0.2, 0.25) is 5.02 Å². The first-order valence-corrected chi connectivity index (χ1v) is 9.01. The first-order chi connectivity index (χ1) is 12.6. The van der Waals surface area contributed by atoms with Gasteiger partial charge < -0.3 is 14.2 Å². The average molecular weight is 411 g/mol. The smallest absolute Gasteiger partial charge is 0.185 e. The summed E-state index contributed by atoms with van der Waals surface area (Å²) < 4.78 is 17.0. The molecular formula is C21H24Cl2O4. The lowest BCUT2D eigenvalue weighted by atomic mass is 10.1. The molecule has 0 saturated heterocycles. The molecule has 4 nitrogen and oxygen atoms in total. The van der Waals surface area contributed by atoms with Gasteiger partial charge in [-0.25, -0.2) is 0 Å². The van der Waals surface area contributed by atoms with Crippen molar-refractivity contribution in [3.63, 3.8) is 0 Å². The van der Waals surface area contributed by atoms with Gasteiger partial charge in [0, 0.05) is 22.2 Å². The molecule has 2 aromatic carbocycles. The van der Waals surface area contributed by atoms with E-state index >= 15 is 0 Å². The van der Waals surface area contributed by atoms with Crippen LogP contribution >= 0.6 is 24.0 Å². The van der Waals surface area contributed by atoms with Gasteiger partial charge in [-0.15, -0.1) is 12.4 Å². The number of hydrogen-bond donors (Lipinski definition) is 0. The van der Waals surface area contributed by atoms with E-state index in [1.54, 1.807) is 36.4 Å². The lowest BCUT2D eigenvalue weighted by molar-refractivity contribution is 0.104. The Morgan fingerprint density at radius 3 is 1.96 bits per heavy atom. The zero-order chi connectivity index (χ0) is 18.9. The average Bonchev–Trinajstić information content (AvgIpc) is 2.63. The number of hydrogen-bond acceptors (Lipinski definition) is 4. The third kappa shape index (κ3) is 6.49.